The maximum Gasteiger partial charge on any atom is 0.200 e. The summed E-state index contributed by atoms with van der Waals surface area (Å²) in [6.07, 6.45) is 2.76. The molecule has 0 spiro atoms. The molecule has 0 unspecified atom stereocenters. The summed E-state index contributed by atoms with van der Waals surface area (Å²) in [7, 11) is 0. The van der Waals surface area contributed by atoms with Gasteiger partial charge in [0.2, 0.25) is 5.82 Å². The topological polar surface area (TPSA) is 9.23 Å². The smallest absolute Gasteiger partial charge is 0.200 e. The van der Waals surface area contributed by atoms with E-state index in [4.69, 9.17) is 4.74 Å². The van der Waals surface area contributed by atoms with Gasteiger partial charge < -0.3 is 4.74 Å². The van der Waals surface area contributed by atoms with Crippen LogP contribution in [-0.4, -0.2) is 6.61 Å². The Morgan fingerprint density at radius 2 is 1.11 bits per heavy atom. The second-order valence-corrected chi connectivity index (χ2v) is 9.79. The summed E-state index contributed by atoms with van der Waals surface area (Å²) in [6, 6.07) is 8.94. The van der Waals surface area contributed by atoms with E-state index >= 15 is 4.39 Å². The molecular weight excluding hydrogens is 490 g/mol. The standard InChI is InChI=1S/C30H30F6O/c1-3-16-37-24-15-12-21(27(33)30(24)36)10-9-20-11-14-23(29(35)26(20)32)19-7-5-18(6-8-19)22-13-4-17(2)25(31)28(22)34/h4,11-15,18-19H,3,5-10,16H2,1-2H3. The number of hydrogen-bond acceptors (Lipinski definition) is 1. The van der Waals surface area contributed by atoms with Gasteiger partial charge in [-0.2, -0.15) is 4.39 Å². The summed E-state index contributed by atoms with van der Waals surface area (Å²) >= 11 is 0. The van der Waals surface area contributed by atoms with Gasteiger partial charge in [-0.3, -0.25) is 0 Å². The Morgan fingerprint density at radius 3 is 1.68 bits per heavy atom. The highest BCUT2D eigenvalue weighted by Gasteiger charge is 2.29. The largest absolute Gasteiger partial charge is 0.490 e. The van der Waals surface area contributed by atoms with Gasteiger partial charge in [0.1, 0.15) is 0 Å². The fourth-order valence-corrected chi connectivity index (χ4v) is 5.16. The van der Waals surface area contributed by atoms with Gasteiger partial charge in [-0.25, -0.2) is 22.0 Å². The first-order valence-corrected chi connectivity index (χ1v) is 12.7. The Kier molecular flexibility index (Phi) is 8.50. The lowest BCUT2D eigenvalue weighted by molar-refractivity contribution is 0.294. The van der Waals surface area contributed by atoms with E-state index in [1.807, 2.05) is 6.92 Å². The van der Waals surface area contributed by atoms with Crippen LogP contribution in [-0.2, 0) is 12.8 Å². The molecule has 7 heteroatoms. The molecule has 0 atom stereocenters. The van der Waals surface area contributed by atoms with Crippen LogP contribution in [0.3, 0.4) is 0 Å². The van der Waals surface area contributed by atoms with Crippen LogP contribution >= 0.6 is 0 Å². The van der Waals surface area contributed by atoms with Crippen LogP contribution in [0, 0.1) is 41.8 Å². The summed E-state index contributed by atoms with van der Waals surface area (Å²) in [4.78, 5) is 0. The van der Waals surface area contributed by atoms with Crippen LogP contribution in [0.25, 0.3) is 0 Å². The zero-order valence-corrected chi connectivity index (χ0v) is 21.0. The van der Waals surface area contributed by atoms with Crippen molar-refractivity contribution in [3.8, 4) is 5.75 Å². The van der Waals surface area contributed by atoms with Crippen molar-refractivity contribution >= 4 is 0 Å². The van der Waals surface area contributed by atoms with Crippen LogP contribution in [0.4, 0.5) is 26.3 Å². The van der Waals surface area contributed by atoms with Crippen molar-refractivity contribution in [2.75, 3.05) is 6.61 Å². The molecular formula is C30H30F6O. The molecule has 3 aromatic carbocycles. The molecule has 0 aliphatic heterocycles. The Hall–Kier alpha value is -2.96. The number of halogens is 6. The first-order chi connectivity index (χ1) is 17.7. The highest BCUT2D eigenvalue weighted by molar-refractivity contribution is 5.34. The maximum atomic E-state index is 15.0. The minimum Gasteiger partial charge on any atom is -0.490 e. The molecule has 0 saturated heterocycles. The normalized spacial score (nSPS) is 17.7. The number of rotatable bonds is 8. The van der Waals surface area contributed by atoms with Crippen LogP contribution in [0.5, 0.6) is 5.75 Å². The van der Waals surface area contributed by atoms with Crippen molar-refractivity contribution in [1.82, 2.24) is 0 Å². The van der Waals surface area contributed by atoms with Crippen LogP contribution in [0.15, 0.2) is 36.4 Å². The lowest BCUT2D eigenvalue weighted by Crippen LogP contribution is -2.16. The number of hydrogen-bond donors (Lipinski definition) is 0. The molecule has 0 heterocycles. The highest BCUT2D eigenvalue weighted by Crippen LogP contribution is 2.42. The third kappa shape index (κ3) is 5.65. The Morgan fingerprint density at radius 1 is 0.622 bits per heavy atom. The van der Waals surface area contributed by atoms with E-state index in [-0.39, 0.29) is 59.3 Å². The summed E-state index contributed by atoms with van der Waals surface area (Å²) in [5.41, 5.74) is 0.974. The Bertz CT molecular complexity index is 1260. The minimum absolute atomic E-state index is 0.000434. The number of aryl methyl sites for hydroxylation is 3. The SMILES string of the molecule is CCCOc1ccc(CCc2ccc(C3CCC(c4ccc(C)c(F)c4F)CC3)c(F)c2F)c(F)c1F. The second-order valence-electron chi connectivity index (χ2n) is 9.79. The van der Waals surface area contributed by atoms with Gasteiger partial charge in [-0.1, -0.05) is 37.3 Å². The van der Waals surface area contributed by atoms with Crippen molar-refractivity contribution in [2.24, 2.45) is 0 Å². The molecule has 0 aromatic heterocycles. The molecule has 4 rings (SSSR count). The molecule has 0 bridgehead atoms. The molecule has 0 amide bonds. The molecule has 1 aliphatic rings. The van der Waals surface area contributed by atoms with Gasteiger partial charge in [0, 0.05) is 0 Å². The molecule has 3 aromatic rings. The van der Waals surface area contributed by atoms with Gasteiger partial charge in [-0.15, -0.1) is 0 Å². The molecule has 1 aliphatic carbocycles. The zero-order valence-electron chi connectivity index (χ0n) is 21.0. The first-order valence-electron chi connectivity index (χ1n) is 12.7. The van der Waals surface area contributed by atoms with E-state index in [2.05, 4.69) is 0 Å². The lowest BCUT2D eigenvalue weighted by atomic mass is 9.75. The lowest BCUT2D eigenvalue weighted by Gasteiger charge is -2.30. The number of benzene rings is 3. The quantitative estimate of drug-likeness (QED) is 0.270. The number of ether oxygens (including phenoxy) is 1. The average molecular weight is 521 g/mol. The van der Waals surface area contributed by atoms with Crippen molar-refractivity contribution in [1.29, 1.82) is 0 Å². The predicted octanol–water partition coefficient (Wildman–Crippen LogP) is 8.85. The fourth-order valence-electron chi connectivity index (χ4n) is 5.16. The van der Waals surface area contributed by atoms with Crippen molar-refractivity contribution in [3.05, 3.63) is 99.1 Å². The Balaban J connectivity index is 1.42. The maximum absolute atomic E-state index is 15.0. The minimum atomic E-state index is -1.09. The van der Waals surface area contributed by atoms with E-state index < -0.39 is 34.9 Å². The predicted molar refractivity (Wildman–Crippen MR) is 131 cm³/mol. The fraction of sp³-hybridized carbons (Fsp3) is 0.400. The zero-order chi connectivity index (χ0) is 26.7. The third-order valence-corrected chi connectivity index (χ3v) is 7.36. The van der Waals surface area contributed by atoms with E-state index in [0.29, 0.717) is 37.7 Å². The molecule has 1 fully saturated rings. The molecule has 198 valence electrons. The molecule has 1 saturated carbocycles. The Labute approximate surface area is 213 Å². The first kappa shape index (κ1) is 27.1. The summed E-state index contributed by atoms with van der Waals surface area (Å²) in [5.74, 6) is -6.32. The van der Waals surface area contributed by atoms with Crippen LogP contribution in [0.1, 0.15) is 78.7 Å². The van der Waals surface area contributed by atoms with Gasteiger partial charge in [0.25, 0.3) is 0 Å². The molecule has 1 nitrogen and oxygen atoms in total. The van der Waals surface area contributed by atoms with Crippen molar-refractivity contribution in [3.63, 3.8) is 0 Å². The van der Waals surface area contributed by atoms with Gasteiger partial charge >= 0.3 is 0 Å². The van der Waals surface area contributed by atoms with Gasteiger partial charge in [-0.05, 0) is 97.6 Å². The van der Waals surface area contributed by atoms with E-state index in [1.165, 1.54) is 25.1 Å². The monoisotopic (exact) mass is 520 g/mol. The summed E-state index contributed by atoms with van der Waals surface area (Å²) in [5, 5.41) is 0. The van der Waals surface area contributed by atoms with Crippen LogP contribution < -0.4 is 4.74 Å². The highest BCUT2D eigenvalue weighted by atomic mass is 19.2. The summed E-state index contributed by atoms with van der Waals surface area (Å²) in [6.45, 7) is 3.62. The average Bonchev–Trinajstić information content (AvgIpc) is 2.90. The van der Waals surface area contributed by atoms with E-state index in [9.17, 15) is 22.0 Å². The summed E-state index contributed by atoms with van der Waals surface area (Å²) < 4.78 is 92.2. The van der Waals surface area contributed by atoms with Crippen molar-refractivity contribution in [2.45, 2.75) is 70.6 Å². The van der Waals surface area contributed by atoms with Crippen LogP contribution in [0.2, 0.25) is 0 Å². The van der Waals surface area contributed by atoms with Gasteiger partial charge in [0.05, 0.1) is 6.61 Å². The second kappa shape index (κ2) is 11.6. The third-order valence-electron chi connectivity index (χ3n) is 7.36. The van der Waals surface area contributed by atoms with E-state index in [0.717, 1.165) is 0 Å². The van der Waals surface area contributed by atoms with Crippen molar-refractivity contribution < 1.29 is 31.1 Å². The molecule has 0 N–H and O–H groups in total. The van der Waals surface area contributed by atoms with E-state index in [1.54, 1.807) is 18.2 Å². The van der Waals surface area contributed by atoms with Gasteiger partial charge in [0.15, 0.2) is 34.8 Å². The molecule has 0 radical (unpaired) electrons. The molecule has 37 heavy (non-hydrogen) atoms.